The van der Waals surface area contributed by atoms with Gasteiger partial charge in [-0.1, -0.05) is 19.1 Å². The molecule has 100 valence electrons. The van der Waals surface area contributed by atoms with E-state index in [0.717, 1.165) is 31.8 Å². The number of hydrogen-bond donors (Lipinski definition) is 1. The molecule has 1 aromatic rings. The standard InChI is InChI=1S/C14H21FN2O/c1-3-17-7-8-18-12(10-17)9-16-14-11(2)5-4-6-13(14)15/h4-6,12,16H,3,7-10H2,1-2H3. The van der Waals surface area contributed by atoms with Crippen LogP contribution in [0.15, 0.2) is 18.2 Å². The van der Waals surface area contributed by atoms with Crippen LogP contribution in [0.4, 0.5) is 10.1 Å². The van der Waals surface area contributed by atoms with E-state index >= 15 is 0 Å². The smallest absolute Gasteiger partial charge is 0.146 e. The van der Waals surface area contributed by atoms with Crippen LogP contribution in [0.2, 0.25) is 0 Å². The molecule has 1 aliphatic rings. The van der Waals surface area contributed by atoms with E-state index < -0.39 is 0 Å². The summed E-state index contributed by atoms with van der Waals surface area (Å²) in [6.45, 7) is 8.42. The number of hydrogen-bond acceptors (Lipinski definition) is 3. The molecule has 0 radical (unpaired) electrons. The fourth-order valence-electron chi connectivity index (χ4n) is 2.26. The number of halogens is 1. The zero-order chi connectivity index (χ0) is 13.0. The van der Waals surface area contributed by atoms with Gasteiger partial charge in [-0.15, -0.1) is 0 Å². The van der Waals surface area contributed by atoms with Gasteiger partial charge in [-0.2, -0.15) is 0 Å². The number of morpholine rings is 1. The van der Waals surface area contributed by atoms with Crippen LogP contribution in [0.3, 0.4) is 0 Å². The lowest BCUT2D eigenvalue weighted by Crippen LogP contribution is -2.45. The van der Waals surface area contributed by atoms with Crippen molar-refractivity contribution in [1.29, 1.82) is 0 Å². The van der Waals surface area contributed by atoms with Gasteiger partial charge in [0.1, 0.15) is 5.82 Å². The van der Waals surface area contributed by atoms with Crippen molar-refractivity contribution >= 4 is 5.69 Å². The van der Waals surface area contributed by atoms with E-state index in [9.17, 15) is 4.39 Å². The molecule has 0 aromatic heterocycles. The predicted octanol–water partition coefficient (Wildman–Crippen LogP) is 2.27. The van der Waals surface area contributed by atoms with E-state index in [1.54, 1.807) is 6.07 Å². The number of aryl methyl sites for hydroxylation is 1. The second-order valence-corrected chi connectivity index (χ2v) is 4.70. The van der Waals surface area contributed by atoms with Crippen LogP contribution >= 0.6 is 0 Å². The minimum absolute atomic E-state index is 0.137. The number of benzene rings is 1. The number of anilines is 1. The summed E-state index contributed by atoms with van der Waals surface area (Å²) in [4.78, 5) is 2.35. The fraction of sp³-hybridized carbons (Fsp3) is 0.571. The number of likely N-dealkylation sites (N-methyl/N-ethyl adjacent to an activating group) is 1. The molecule has 0 bridgehead atoms. The van der Waals surface area contributed by atoms with Gasteiger partial charge in [-0.25, -0.2) is 4.39 Å². The topological polar surface area (TPSA) is 24.5 Å². The summed E-state index contributed by atoms with van der Waals surface area (Å²) in [5.41, 5.74) is 1.52. The lowest BCUT2D eigenvalue weighted by molar-refractivity contribution is -0.0192. The van der Waals surface area contributed by atoms with Gasteiger partial charge < -0.3 is 10.1 Å². The van der Waals surface area contributed by atoms with E-state index in [-0.39, 0.29) is 11.9 Å². The first-order chi connectivity index (χ1) is 8.70. The molecule has 1 heterocycles. The van der Waals surface area contributed by atoms with Crippen LogP contribution < -0.4 is 5.32 Å². The molecule has 1 N–H and O–H groups in total. The van der Waals surface area contributed by atoms with Crippen molar-refractivity contribution in [2.24, 2.45) is 0 Å². The van der Waals surface area contributed by atoms with Crippen molar-refractivity contribution in [2.45, 2.75) is 20.0 Å². The van der Waals surface area contributed by atoms with Crippen LogP contribution in [-0.4, -0.2) is 43.8 Å². The Morgan fingerprint density at radius 2 is 2.33 bits per heavy atom. The molecule has 1 unspecified atom stereocenters. The number of para-hydroxylation sites is 1. The molecule has 0 spiro atoms. The van der Waals surface area contributed by atoms with Gasteiger partial charge in [-0.05, 0) is 25.1 Å². The maximum absolute atomic E-state index is 13.6. The number of ether oxygens (including phenoxy) is 1. The van der Waals surface area contributed by atoms with Gasteiger partial charge in [0.15, 0.2) is 0 Å². The highest BCUT2D eigenvalue weighted by Crippen LogP contribution is 2.19. The Labute approximate surface area is 108 Å². The van der Waals surface area contributed by atoms with Crippen molar-refractivity contribution in [1.82, 2.24) is 4.90 Å². The van der Waals surface area contributed by atoms with Gasteiger partial charge in [0, 0.05) is 19.6 Å². The molecule has 1 aliphatic heterocycles. The average Bonchev–Trinajstić information content (AvgIpc) is 2.38. The molecule has 1 aromatic carbocycles. The Balaban J connectivity index is 1.91. The zero-order valence-corrected chi connectivity index (χ0v) is 11.1. The third-order valence-electron chi connectivity index (χ3n) is 3.40. The normalized spacial score (nSPS) is 20.9. The van der Waals surface area contributed by atoms with Crippen molar-refractivity contribution in [3.63, 3.8) is 0 Å². The average molecular weight is 252 g/mol. The molecule has 0 amide bonds. The van der Waals surface area contributed by atoms with Gasteiger partial charge in [0.05, 0.1) is 18.4 Å². The molecule has 1 saturated heterocycles. The van der Waals surface area contributed by atoms with Gasteiger partial charge in [0.25, 0.3) is 0 Å². The predicted molar refractivity (Wildman–Crippen MR) is 71.5 cm³/mol. The Morgan fingerprint density at radius 3 is 3.06 bits per heavy atom. The highest BCUT2D eigenvalue weighted by molar-refractivity contribution is 5.51. The molecular weight excluding hydrogens is 231 g/mol. The van der Waals surface area contributed by atoms with E-state index in [2.05, 4.69) is 17.1 Å². The molecule has 0 aliphatic carbocycles. The molecule has 1 atom stereocenters. The van der Waals surface area contributed by atoms with Crippen LogP contribution in [0, 0.1) is 12.7 Å². The Bertz CT molecular complexity index is 377. The number of rotatable bonds is 4. The summed E-state index contributed by atoms with van der Waals surface area (Å²) in [7, 11) is 0. The van der Waals surface area contributed by atoms with Crippen molar-refractivity contribution in [3.05, 3.63) is 29.6 Å². The summed E-state index contributed by atoms with van der Waals surface area (Å²) in [6, 6.07) is 5.12. The summed E-state index contributed by atoms with van der Waals surface area (Å²) in [5.74, 6) is -0.196. The van der Waals surface area contributed by atoms with Crippen LogP contribution in [0.1, 0.15) is 12.5 Å². The third-order valence-corrected chi connectivity index (χ3v) is 3.40. The van der Waals surface area contributed by atoms with Crippen LogP contribution in [0.5, 0.6) is 0 Å². The van der Waals surface area contributed by atoms with Crippen molar-refractivity contribution in [2.75, 3.05) is 38.1 Å². The summed E-state index contributed by atoms with van der Waals surface area (Å²) in [6.07, 6.45) is 0.137. The second-order valence-electron chi connectivity index (χ2n) is 4.70. The van der Waals surface area contributed by atoms with Gasteiger partial charge >= 0.3 is 0 Å². The lowest BCUT2D eigenvalue weighted by Gasteiger charge is -2.32. The van der Waals surface area contributed by atoms with Crippen molar-refractivity contribution in [3.8, 4) is 0 Å². The van der Waals surface area contributed by atoms with Crippen LogP contribution in [0.25, 0.3) is 0 Å². The quantitative estimate of drug-likeness (QED) is 0.889. The summed E-state index contributed by atoms with van der Waals surface area (Å²) >= 11 is 0. The highest BCUT2D eigenvalue weighted by atomic mass is 19.1. The molecule has 18 heavy (non-hydrogen) atoms. The first-order valence-electron chi connectivity index (χ1n) is 6.53. The third kappa shape index (κ3) is 3.21. The minimum atomic E-state index is -0.196. The molecule has 4 heteroatoms. The van der Waals surface area contributed by atoms with Gasteiger partial charge in [-0.3, -0.25) is 4.90 Å². The molecule has 2 rings (SSSR count). The fourth-order valence-corrected chi connectivity index (χ4v) is 2.26. The molecular formula is C14H21FN2O. The second kappa shape index (κ2) is 6.16. The minimum Gasteiger partial charge on any atom is -0.380 e. The van der Waals surface area contributed by atoms with E-state index in [4.69, 9.17) is 4.74 Å². The monoisotopic (exact) mass is 252 g/mol. The van der Waals surface area contributed by atoms with Gasteiger partial charge in [0.2, 0.25) is 0 Å². The lowest BCUT2D eigenvalue weighted by atomic mass is 10.2. The Kier molecular flexibility index (Phi) is 4.55. The molecule has 3 nitrogen and oxygen atoms in total. The van der Waals surface area contributed by atoms with Crippen LogP contribution in [-0.2, 0) is 4.74 Å². The Hall–Kier alpha value is -1.13. The molecule has 0 saturated carbocycles. The zero-order valence-electron chi connectivity index (χ0n) is 11.1. The maximum atomic E-state index is 13.6. The Morgan fingerprint density at radius 1 is 1.50 bits per heavy atom. The largest absolute Gasteiger partial charge is 0.380 e. The number of nitrogens with one attached hydrogen (secondary N) is 1. The first-order valence-corrected chi connectivity index (χ1v) is 6.53. The van der Waals surface area contributed by atoms with E-state index in [0.29, 0.717) is 12.2 Å². The number of nitrogens with zero attached hydrogens (tertiary/aromatic N) is 1. The summed E-state index contributed by atoms with van der Waals surface area (Å²) < 4.78 is 19.3. The summed E-state index contributed by atoms with van der Waals surface area (Å²) in [5, 5.41) is 3.17. The first kappa shape index (κ1) is 13.3. The van der Waals surface area contributed by atoms with E-state index in [1.165, 1.54) is 6.07 Å². The SMILES string of the molecule is CCN1CCOC(CNc2c(C)cccc2F)C1. The molecule has 1 fully saturated rings. The van der Waals surface area contributed by atoms with Crippen molar-refractivity contribution < 1.29 is 9.13 Å². The van der Waals surface area contributed by atoms with E-state index in [1.807, 2.05) is 13.0 Å². The highest BCUT2D eigenvalue weighted by Gasteiger charge is 2.19. The maximum Gasteiger partial charge on any atom is 0.146 e.